The number of benzene rings is 1. The Kier molecular flexibility index (Phi) is 4.69. The zero-order chi connectivity index (χ0) is 16.9. The van der Waals surface area contributed by atoms with Gasteiger partial charge in [-0.05, 0) is 25.0 Å². The highest BCUT2D eigenvalue weighted by molar-refractivity contribution is 5.92. The van der Waals surface area contributed by atoms with Gasteiger partial charge < -0.3 is 15.3 Å². The smallest absolute Gasteiger partial charge is 0.356 e. The fourth-order valence-electron chi connectivity index (χ4n) is 2.76. The molecule has 0 saturated carbocycles. The molecule has 124 valence electrons. The molecule has 2 aromatic rings. The first-order valence-corrected chi connectivity index (χ1v) is 7.79. The van der Waals surface area contributed by atoms with Crippen LogP contribution in [-0.4, -0.2) is 51.0 Å². The molecule has 1 aromatic carbocycles. The van der Waals surface area contributed by atoms with E-state index in [1.54, 1.807) is 4.90 Å². The highest BCUT2D eigenvalue weighted by atomic mass is 16.4. The van der Waals surface area contributed by atoms with Crippen molar-refractivity contribution in [3.8, 4) is 0 Å². The molecule has 1 aromatic heterocycles. The molecule has 3 rings (SSSR count). The van der Waals surface area contributed by atoms with Crippen LogP contribution in [0.2, 0.25) is 0 Å². The summed E-state index contributed by atoms with van der Waals surface area (Å²) in [5.41, 5.74) is 1.02. The molecule has 1 amide bonds. The first-order valence-electron chi connectivity index (χ1n) is 7.79. The van der Waals surface area contributed by atoms with Crippen molar-refractivity contribution in [2.24, 2.45) is 0 Å². The third-order valence-corrected chi connectivity index (χ3v) is 3.94. The van der Waals surface area contributed by atoms with Gasteiger partial charge in [0.15, 0.2) is 5.69 Å². The lowest BCUT2D eigenvalue weighted by Gasteiger charge is -2.33. The van der Waals surface area contributed by atoms with Gasteiger partial charge in [0.2, 0.25) is 0 Å². The summed E-state index contributed by atoms with van der Waals surface area (Å²) in [6.45, 7) is 1.24. The quantitative estimate of drug-likeness (QED) is 0.891. The van der Waals surface area contributed by atoms with Gasteiger partial charge in [-0.25, -0.2) is 14.8 Å². The Balaban J connectivity index is 1.65. The molecule has 2 heterocycles. The standard InChI is InChI=1S/C17H18N4O3/c22-16(14-9-19-15(10-18-14)17(23)24)21-8-4-7-13(11-21)20-12-5-2-1-3-6-12/h1-3,5-6,9-10,13,20H,4,7-8,11H2,(H,23,24). The number of anilines is 1. The SMILES string of the molecule is O=C(O)c1cnc(C(=O)N2CCCC(Nc3ccccc3)C2)cn1. The highest BCUT2D eigenvalue weighted by Gasteiger charge is 2.25. The van der Waals surface area contributed by atoms with E-state index >= 15 is 0 Å². The number of para-hydroxylation sites is 1. The minimum Gasteiger partial charge on any atom is -0.476 e. The molecule has 2 N–H and O–H groups in total. The number of piperidine rings is 1. The van der Waals surface area contributed by atoms with Crippen molar-refractivity contribution in [2.75, 3.05) is 18.4 Å². The van der Waals surface area contributed by atoms with Gasteiger partial charge >= 0.3 is 5.97 Å². The zero-order valence-corrected chi connectivity index (χ0v) is 13.1. The summed E-state index contributed by atoms with van der Waals surface area (Å²) in [5.74, 6) is -1.38. The molecule has 7 heteroatoms. The number of nitrogens with one attached hydrogen (secondary N) is 1. The largest absolute Gasteiger partial charge is 0.476 e. The van der Waals surface area contributed by atoms with E-state index < -0.39 is 5.97 Å². The van der Waals surface area contributed by atoms with Gasteiger partial charge in [0, 0.05) is 24.8 Å². The zero-order valence-electron chi connectivity index (χ0n) is 13.1. The van der Waals surface area contributed by atoms with Crippen molar-refractivity contribution in [3.63, 3.8) is 0 Å². The average molecular weight is 326 g/mol. The second-order valence-electron chi connectivity index (χ2n) is 5.69. The van der Waals surface area contributed by atoms with Crippen molar-refractivity contribution >= 4 is 17.6 Å². The second-order valence-corrected chi connectivity index (χ2v) is 5.69. The number of nitrogens with zero attached hydrogens (tertiary/aromatic N) is 3. The summed E-state index contributed by atoms with van der Waals surface area (Å²) in [7, 11) is 0. The van der Waals surface area contributed by atoms with E-state index in [1.807, 2.05) is 30.3 Å². The fourth-order valence-corrected chi connectivity index (χ4v) is 2.76. The molecule has 24 heavy (non-hydrogen) atoms. The Bertz CT molecular complexity index is 718. The maximum Gasteiger partial charge on any atom is 0.356 e. The Labute approximate surface area is 139 Å². The van der Waals surface area contributed by atoms with E-state index in [1.165, 1.54) is 6.20 Å². The van der Waals surface area contributed by atoms with Crippen molar-refractivity contribution in [1.82, 2.24) is 14.9 Å². The Morgan fingerprint density at radius 3 is 2.50 bits per heavy atom. The lowest BCUT2D eigenvalue weighted by molar-refractivity contribution is 0.0680. The Hall–Kier alpha value is -2.96. The van der Waals surface area contributed by atoms with Gasteiger partial charge in [-0.15, -0.1) is 0 Å². The summed E-state index contributed by atoms with van der Waals surface area (Å²) in [6, 6.07) is 10.1. The normalized spacial score (nSPS) is 17.3. The van der Waals surface area contributed by atoms with Crippen LogP contribution in [0, 0.1) is 0 Å². The van der Waals surface area contributed by atoms with Crippen LogP contribution in [0.15, 0.2) is 42.7 Å². The maximum absolute atomic E-state index is 12.5. The van der Waals surface area contributed by atoms with E-state index in [4.69, 9.17) is 5.11 Å². The number of carboxylic acids is 1. The maximum atomic E-state index is 12.5. The summed E-state index contributed by atoms with van der Waals surface area (Å²) >= 11 is 0. The van der Waals surface area contributed by atoms with Gasteiger partial charge in [-0.2, -0.15) is 0 Å². The minimum atomic E-state index is -1.16. The second kappa shape index (κ2) is 7.08. The molecule has 0 bridgehead atoms. The monoisotopic (exact) mass is 326 g/mol. The van der Waals surface area contributed by atoms with Crippen molar-refractivity contribution in [1.29, 1.82) is 0 Å². The summed E-state index contributed by atoms with van der Waals surface area (Å²) in [5, 5.41) is 12.3. The molecule has 0 radical (unpaired) electrons. The lowest BCUT2D eigenvalue weighted by Crippen LogP contribution is -2.45. The molecule has 1 unspecified atom stereocenters. The number of carbonyl (C=O) groups excluding carboxylic acids is 1. The number of carboxylic acid groups (broad SMARTS) is 1. The number of amides is 1. The van der Waals surface area contributed by atoms with Gasteiger partial charge in [0.25, 0.3) is 5.91 Å². The van der Waals surface area contributed by atoms with Crippen molar-refractivity contribution in [3.05, 3.63) is 54.1 Å². The summed E-state index contributed by atoms with van der Waals surface area (Å²) < 4.78 is 0. The van der Waals surface area contributed by atoms with Crippen LogP contribution in [0.3, 0.4) is 0 Å². The van der Waals surface area contributed by atoms with E-state index in [0.717, 1.165) is 24.7 Å². The molecule has 1 fully saturated rings. The highest BCUT2D eigenvalue weighted by Crippen LogP contribution is 2.17. The topological polar surface area (TPSA) is 95.4 Å². The van der Waals surface area contributed by atoms with Crippen LogP contribution in [-0.2, 0) is 0 Å². The van der Waals surface area contributed by atoms with Gasteiger partial charge in [-0.3, -0.25) is 4.79 Å². The van der Waals surface area contributed by atoms with E-state index in [2.05, 4.69) is 15.3 Å². The Morgan fingerprint density at radius 2 is 1.83 bits per heavy atom. The van der Waals surface area contributed by atoms with Gasteiger partial charge in [-0.1, -0.05) is 18.2 Å². The number of rotatable bonds is 4. The van der Waals surface area contributed by atoms with Crippen molar-refractivity contribution in [2.45, 2.75) is 18.9 Å². The molecular formula is C17H18N4O3. The van der Waals surface area contributed by atoms with E-state index in [-0.39, 0.29) is 23.3 Å². The van der Waals surface area contributed by atoms with Crippen LogP contribution >= 0.6 is 0 Å². The first-order chi connectivity index (χ1) is 11.6. The van der Waals surface area contributed by atoms with Gasteiger partial charge in [0.05, 0.1) is 12.4 Å². The predicted molar refractivity (Wildman–Crippen MR) is 88.0 cm³/mol. The first kappa shape index (κ1) is 15.9. The number of likely N-dealkylation sites (tertiary alicyclic amines) is 1. The molecule has 0 spiro atoms. The minimum absolute atomic E-state index is 0.167. The Morgan fingerprint density at radius 1 is 1.12 bits per heavy atom. The van der Waals surface area contributed by atoms with Crippen LogP contribution < -0.4 is 5.32 Å². The molecule has 7 nitrogen and oxygen atoms in total. The number of aromatic nitrogens is 2. The van der Waals surface area contributed by atoms with Gasteiger partial charge in [0.1, 0.15) is 5.69 Å². The van der Waals surface area contributed by atoms with Crippen LogP contribution in [0.1, 0.15) is 33.8 Å². The number of hydrogen-bond donors (Lipinski definition) is 2. The number of hydrogen-bond acceptors (Lipinski definition) is 5. The van der Waals surface area contributed by atoms with Crippen LogP contribution in [0.4, 0.5) is 5.69 Å². The number of carbonyl (C=O) groups is 2. The summed E-state index contributed by atoms with van der Waals surface area (Å²) in [6.07, 6.45) is 4.22. The fraction of sp³-hybridized carbons (Fsp3) is 0.294. The third kappa shape index (κ3) is 3.68. The summed E-state index contributed by atoms with van der Waals surface area (Å²) in [4.78, 5) is 32.7. The molecular weight excluding hydrogens is 308 g/mol. The lowest BCUT2D eigenvalue weighted by atomic mass is 10.0. The molecule has 1 saturated heterocycles. The third-order valence-electron chi connectivity index (χ3n) is 3.94. The molecule has 1 aliphatic heterocycles. The predicted octanol–water partition coefficient (Wildman–Crippen LogP) is 1.89. The van der Waals surface area contributed by atoms with E-state index in [0.29, 0.717) is 13.1 Å². The van der Waals surface area contributed by atoms with E-state index in [9.17, 15) is 9.59 Å². The van der Waals surface area contributed by atoms with Crippen molar-refractivity contribution < 1.29 is 14.7 Å². The molecule has 0 aliphatic carbocycles. The molecule has 1 atom stereocenters. The van der Waals surface area contributed by atoms with Crippen LogP contribution in [0.5, 0.6) is 0 Å². The molecule has 1 aliphatic rings. The number of aromatic carboxylic acids is 1. The average Bonchev–Trinajstić information content (AvgIpc) is 2.62. The van der Waals surface area contributed by atoms with Crippen LogP contribution in [0.25, 0.3) is 0 Å².